The molecule has 2 aromatic carbocycles. The number of hydrogen-bond acceptors (Lipinski definition) is 6. The number of nitrogens with one attached hydrogen (secondary N) is 2. The predicted molar refractivity (Wildman–Crippen MR) is 104 cm³/mol. The van der Waals surface area contributed by atoms with Crippen LogP contribution in [0.4, 0.5) is 5.69 Å². The molecule has 1 amide bonds. The van der Waals surface area contributed by atoms with Crippen molar-refractivity contribution in [1.29, 1.82) is 0 Å². The van der Waals surface area contributed by atoms with Gasteiger partial charge in [0.15, 0.2) is 0 Å². The van der Waals surface area contributed by atoms with Crippen LogP contribution in [0, 0.1) is 0 Å². The van der Waals surface area contributed by atoms with E-state index in [9.17, 15) is 9.59 Å². The van der Waals surface area contributed by atoms with Crippen LogP contribution in [-0.2, 0) is 4.74 Å². The minimum atomic E-state index is -0.614. The number of esters is 1. The Labute approximate surface area is 161 Å². The maximum atomic E-state index is 12.9. The van der Waals surface area contributed by atoms with Crippen molar-refractivity contribution in [2.75, 3.05) is 33.8 Å². The average molecular weight is 384 g/mol. The second-order valence-corrected chi connectivity index (χ2v) is 5.80. The Hall–Kier alpha value is -3.68. The molecule has 0 bridgehead atoms. The summed E-state index contributed by atoms with van der Waals surface area (Å²) in [5, 5.41) is 3.34. The minimum absolute atomic E-state index is 0.116. The third-order valence-electron chi connectivity index (χ3n) is 4.25. The lowest BCUT2D eigenvalue weighted by atomic mass is 10.1. The van der Waals surface area contributed by atoms with Crippen LogP contribution in [0.5, 0.6) is 17.2 Å². The van der Waals surface area contributed by atoms with Crippen molar-refractivity contribution in [1.82, 2.24) is 4.98 Å². The predicted octanol–water partition coefficient (Wildman–Crippen LogP) is 3.23. The summed E-state index contributed by atoms with van der Waals surface area (Å²) in [4.78, 5) is 28.1. The molecule has 0 aliphatic heterocycles. The zero-order chi connectivity index (χ0) is 20.3. The molecule has 0 aliphatic rings. The second kappa shape index (κ2) is 7.91. The Kier molecular flexibility index (Phi) is 5.39. The van der Waals surface area contributed by atoms with E-state index < -0.39 is 11.9 Å². The highest BCUT2D eigenvalue weighted by Crippen LogP contribution is 2.36. The number of aromatic nitrogens is 1. The van der Waals surface area contributed by atoms with Crippen molar-refractivity contribution in [3.8, 4) is 17.2 Å². The molecule has 0 saturated heterocycles. The lowest BCUT2D eigenvalue weighted by Crippen LogP contribution is -2.15. The van der Waals surface area contributed by atoms with Crippen molar-refractivity contribution in [3.05, 3.63) is 47.7 Å². The molecule has 0 atom stereocenters. The maximum absolute atomic E-state index is 12.9. The van der Waals surface area contributed by atoms with Gasteiger partial charge in [0.2, 0.25) is 0 Å². The molecule has 2 N–H and O–H groups in total. The van der Waals surface area contributed by atoms with Gasteiger partial charge in [-0.25, -0.2) is 4.79 Å². The van der Waals surface area contributed by atoms with Crippen molar-refractivity contribution in [3.63, 3.8) is 0 Å². The van der Waals surface area contributed by atoms with Gasteiger partial charge in [-0.05, 0) is 24.3 Å². The number of ether oxygens (including phenoxy) is 4. The molecular weight excluding hydrogens is 364 g/mol. The average Bonchev–Trinajstić information content (AvgIpc) is 3.11. The van der Waals surface area contributed by atoms with Crippen LogP contribution in [0.25, 0.3) is 10.9 Å². The number of hydrogen-bond donors (Lipinski definition) is 2. The Morgan fingerprint density at radius 2 is 1.61 bits per heavy atom. The Bertz CT molecular complexity index is 1020. The van der Waals surface area contributed by atoms with Crippen LogP contribution in [0.3, 0.4) is 0 Å². The van der Waals surface area contributed by atoms with Gasteiger partial charge in [0.05, 0.1) is 45.0 Å². The van der Waals surface area contributed by atoms with E-state index in [0.29, 0.717) is 33.7 Å². The number of benzene rings is 2. The molecule has 0 unspecified atom stereocenters. The smallest absolute Gasteiger partial charge is 0.356 e. The van der Waals surface area contributed by atoms with Crippen molar-refractivity contribution in [2.45, 2.75) is 0 Å². The largest absolute Gasteiger partial charge is 0.497 e. The number of rotatable bonds is 6. The number of carbonyl (C=O) groups excluding carboxylic acids is 2. The Morgan fingerprint density at radius 1 is 0.929 bits per heavy atom. The fraction of sp³-hybridized carbons (Fsp3) is 0.200. The normalized spacial score (nSPS) is 10.4. The van der Waals surface area contributed by atoms with Crippen LogP contribution >= 0.6 is 0 Å². The third kappa shape index (κ3) is 3.44. The van der Waals surface area contributed by atoms with E-state index in [4.69, 9.17) is 18.9 Å². The van der Waals surface area contributed by atoms with Crippen molar-refractivity contribution in [2.24, 2.45) is 0 Å². The first-order valence-corrected chi connectivity index (χ1v) is 8.33. The van der Waals surface area contributed by atoms with E-state index >= 15 is 0 Å². The van der Waals surface area contributed by atoms with Crippen LogP contribution in [0.1, 0.15) is 20.8 Å². The van der Waals surface area contributed by atoms with Crippen molar-refractivity contribution < 1.29 is 28.5 Å². The lowest BCUT2D eigenvalue weighted by Gasteiger charge is -2.11. The molecule has 8 nitrogen and oxygen atoms in total. The maximum Gasteiger partial charge on any atom is 0.356 e. The summed E-state index contributed by atoms with van der Waals surface area (Å²) < 4.78 is 20.6. The number of carbonyl (C=O) groups is 2. The summed E-state index contributed by atoms with van der Waals surface area (Å²) in [5.74, 6) is 0.372. The van der Waals surface area contributed by atoms with Gasteiger partial charge in [-0.3, -0.25) is 4.79 Å². The molecule has 1 aromatic heterocycles. The van der Waals surface area contributed by atoms with Gasteiger partial charge in [-0.2, -0.15) is 0 Å². The zero-order valence-corrected chi connectivity index (χ0v) is 15.9. The number of aromatic amines is 1. The number of fused-ring (bicyclic) bond motifs is 1. The molecule has 3 aromatic rings. The van der Waals surface area contributed by atoms with Gasteiger partial charge in [-0.15, -0.1) is 0 Å². The van der Waals surface area contributed by atoms with E-state index in [0.717, 1.165) is 0 Å². The van der Waals surface area contributed by atoms with E-state index in [1.807, 2.05) is 0 Å². The monoisotopic (exact) mass is 384 g/mol. The first kappa shape index (κ1) is 19.1. The number of H-pyrrole nitrogens is 1. The first-order valence-electron chi connectivity index (χ1n) is 8.33. The summed E-state index contributed by atoms with van der Waals surface area (Å²) in [5.41, 5.74) is 1.31. The molecule has 0 radical (unpaired) electrons. The summed E-state index contributed by atoms with van der Waals surface area (Å²) in [6.45, 7) is 0. The van der Waals surface area contributed by atoms with Crippen LogP contribution in [-0.4, -0.2) is 45.3 Å². The quantitative estimate of drug-likeness (QED) is 0.633. The molecular formula is C20H20N2O6. The standard InChI is InChI=1S/C20H20N2O6/c1-25-12-8-11(9-13(10-12)26-2)19(23)22-17-16-14(6-5-7-15(16)27-3)21-18(17)20(24)28-4/h5-10,21H,1-4H3,(H,22,23). The van der Waals surface area contributed by atoms with Gasteiger partial charge in [0, 0.05) is 11.6 Å². The van der Waals surface area contributed by atoms with Gasteiger partial charge in [-0.1, -0.05) is 6.07 Å². The molecule has 1 heterocycles. The van der Waals surface area contributed by atoms with E-state index in [1.165, 1.54) is 28.4 Å². The number of anilines is 1. The summed E-state index contributed by atoms with van der Waals surface area (Å²) >= 11 is 0. The Morgan fingerprint density at radius 3 is 2.18 bits per heavy atom. The highest BCUT2D eigenvalue weighted by molar-refractivity contribution is 6.16. The van der Waals surface area contributed by atoms with E-state index in [-0.39, 0.29) is 11.4 Å². The van der Waals surface area contributed by atoms with E-state index in [1.54, 1.807) is 36.4 Å². The summed E-state index contributed by atoms with van der Waals surface area (Å²) in [6, 6.07) is 10.1. The van der Waals surface area contributed by atoms with Crippen LogP contribution < -0.4 is 19.5 Å². The summed E-state index contributed by atoms with van der Waals surface area (Å²) in [7, 11) is 5.77. The fourth-order valence-electron chi connectivity index (χ4n) is 2.89. The third-order valence-corrected chi connectivity index (χ3v) is 4.25. The van der Waals surface area contributed by atoms with Crippen molar-refractivity contribution >= 4 is 28.5 Å². The van der Waals surface area contributed by atoms with Crippen LogP contribution in [0.2, 0.25) is 0 Å². The molecule has 0 saturated carbocycles. The molecule has 0 aliphatic carbocycles. The van der Waals surface area contributed by atoms with Gasteiger partial charge < -0.3 is 29.2 Å². The second-order valence-electron chi connectivity index (χ2n) is 5.80. The fourth-order valence-corrected chi connectivity index (χ4v) is 2.89. The zero-order valence-electron chi connectivity index (χ0n) is 15.9. The molecule has 28 heavy (non-hydrogen) atoms. The molecule has 146 valence electrons. The van der Waals surface area contributed by atoms with Gasteiger partial charge in [0.25, 0.3) is 5.91 Å². The molecule has 0 spiro atoms. The first-order chi connectivity index (χ1) is 13.5. The van der Waals surface area contributed by atoms with E-state index in [2.05, 4.69) is 10.3 Å². The highest BCUT2D eigenvalue weighted by atomic mass is 16.5. The lowest BCUT2D eigenvalue weighted by molar-refractivity contribution is 0.0596. The minimum Gasteiger partial charge on any atom is -0.497 e. The molecule has 3 rings (SSSR count). The highest BCUT2D eigenvalue weighted by Gasteiger charge is 2.23. The van der Waals surface area contributed by atoms with Gasteiger partial charge >= 0.3 is 5.97 Å². The number of amides is 1. The topological polar surface area (TPSA) is 98.9 Å². The Balaban J connectivity index is 2.11. The SMILES string of the molecule is COC(=O)c1[nH]c2cccc(OC)c2c1NC(=O)c1cc(OC)cc(OC)c1. The van der Waals surface area contributed by atoms with Crippen LogP contribution in [0.15, 0.2) is 36.4 Å². The summed E-state index contributed by atoms with van der Waals surface area (Å²) in [6.07, 6.45) is 0. The number of methoxy groups -OCH3 is 4. The molecule has 0 fully saturated rings. The molecule has 8 heteroatoms. The van der Waals surface area contributed by atoms with Gasteiger partial charge in [0.1, 0.15) is 22.9 Å².